The van der Waals surface area contributed by atoms with Crippen molar-refractivity contribution >= 4 is 6.21 Å². The van der Waals surface area contributed by atoms with Crippen molar-refractivity contribution in [2.45, 2.75) is 59.8 Å². The molecule has 0 saturated carbocycles. The van der Waals surface area contributed by atoms with E-state index in [2.05, 4.69) is 32.3 Å². The summed E-state index contributed by atoms with van der Waals surface area (Å²) in [6, 6.07) is 0. The molecular weight excluding hydrogens is 182 g/mol. The molecular formula is C14H25N. The van der Waals surface area contributed by atoms with E-state index < -0.39 is 0 Å². The number of hydrogen-bond acceptors (Lipinski definition) is 1. The minimum absolute atomic E-state index is 1.06. The maximum Gasteiger partial charge on any atom is 0.0635 e. The van der Waals surface area contributed by atoms with Crippen LogP contribution in [0.1, 0.15) is 59.8 Å². The average Bonchev–Trinajstić information content (AvgIpc) is 2.15. The summed E-state index contributed by atoms with van der Waals surface area (Å²) in [5, 5.41) is 0. The molecule has 0 amide bonds. The summed E-state index contributed by atoms with van der Waals surface area (Å²) in [6.07, 6.45) is 8.33. The van der Waals surface area contributed by atoms with Crippen molar-refractivity contribution in [2.24, 2.45) is 4.99 Å². The quantitative estimate of drug-likeness (QED) is 0.320. The fourth-order valence-electron chi connectivity index (χ4n) is 1.48. The minimum Gasteiger partial charge on any atom is -0.261 e. The van der Waals surface area contributed by atoms with Crippen LogP contribution in [0.15, 0.2) is 28.4 Å². The first-order valence-corrected chi connectivity index (χ1v) is 5.95. The van der Waals surface area contributed by atoms with Gasteiger partial charge >= 0.3 is 0 Å². The van der Waals surface area contributed by atoms with Crippen molar-refractivity contribution in [3.8, 4) is 0 Å². The molecule has 0 radical (unpaired) electrons. The van der Waals surface area contributed by atoms with Gasteiger partial charge in [-0.2, -0.15) is 0 Å². The van der Waals surface area contributed by atoms with E-state index in [1.165, 1.54) is 31.3 Å². The number of nitrogens with zero attached hydrogens (tertiary/aromatic N) is 1. The summed E-state index contributed by atoms with van der Waals surface area (Å²) in [4.78, 5) is 4.48. The molecule has 1 nitrogen and oxygen atoms in total. The van der Waals surface area contributed by atoms with Crippen molar-refractivity contribution < 1.29 is 0 Å². The van der Waals surface area contributed by atoms with Crippen LogP contribution in [0.2, 0.25) is 0 Å². The molecule has 0 bridgehead atoms. The lowest BCUT2D eigenvalue weighted by Crippen LogP contribution is -1.86. The number of unbranched alkanes of at least 4 members (excludes halogenated alkanes) is 4. The second-order valence-electron chi connectivity index (χ2n) is 4.29. The molecule has 0 N–H and O–H groups in total. The average molecular weight is 207 g/mol. The molecule has 0 aromatic heterocycles. The fourth-order valence-corrected chi connectivity index (χ4v) is 1.48. The molecule has 0 unspecified atom stereocenters. The zero-order valence-electron chi connectivity index (χ0n) is 10.8. The van der Waals surface area contributed by atoms with E-state index in [9.17, 15) is 0 Å². The van der Waals surface area contributed by atoms with Gasteiger partial charge in [0.1, 0.15) is 0 Å². The second kappa shape index (κ2) is 8.46. The smallest absolute Gasteiger partial charge is 0.0635 e. The van der Waals surface area contributed by atoms with Crippen LogP contribution in [0.3, 0.4) is 0 Å². The molecule has 0 heterocycles. The fraction of sp³-hybridized carbons (Fsp3) is 0.643. The van der Waals surface area contributed by atoms with Crippen molar-refractivity contribution in [3.63, 3.8) is 0 Å². The maximum atomic E-state index is 4.48. The van der Waals surface area contributed by atoms with E-state index >= 15 is 0 Å². The third kappa shape index (κ3) is 7.12. The van der Waals surface area contributed by atoms with Gasteiger partial charge in [-0.1, -0.05) is 38.3 Å². The molecule has 0 aliphatic heterocycles. The first-order valence-electron chi connectivity index (χ1n) is 5.95. The number of hydrogen-bond donors (Lipinski definition) is 0. The molecule has 0 aliphatic rings. The summed E-state index contributed by atoms with van der Waals surface area (Å²) in [5.74, 6) is 0. The topological polar surface area (TPSA) is 12.4 Å². The predicted molar refractivity (Wildman–Crippen MR) is 70.4 cm³/mol. The Kier molecular flexibility index (Phi) is 7.98. The van der Waals surface area contributed by atoms with E-state index in [0.29, 0.717) is 0 Å². The molecule has 0 rings (SSSR count). The largest absolute Gasteiger partial charge is 0.261 e. The van der Waals surface area contributed by atoms with Gasteiger partial charge in [-0.25, -0.2) is 0 Å². The van der Waals surface area contributed by atoms with E-state index in [1.807, 2.05) is 13.1 Å². The van der Waals surface area contributed by atoms with Gasteiger partial charge in [0.2, 0.25) is 0 Å². The van der Waals surface area contributed by atoms with Crippen LogP contribution in [0.5, 0.6) is 0 Å². The first-order chi connectivity index (χ1) is 7.09. The Bertz CT molecular complexity index is 242. The Morgan fingerprint density at radius 3 is 2.27 bits per heavy atom. The van der Waals surface area contributed by atoms with Crippen molar-refractivity contribution in [1.82, 2.24) is 0 Å². The summed E-state index contributed by atoms with van der Waals surface area (Å²) in [5.41, 5.74) is 3.36. The molecule has 0 aromatic carbocycles. The van der Waals surface area contributed by atoms with Crippen molar-refractivity contribution in [2.75, 3.05) is 0 Å². The first kappa shape index (κ1) is 14.2. The van der Waals surface area contributed by atoms with Crippen molar-refractivity contribution in [1.29, 1.82) is 0 Å². The van der Waals surface area contributed by atoms with Gasteiger partial charge < -0.3 is 0 Å². The van der Waals surface area contributed by atoms with E-state index in [1.54, 1.807) is 0 Å². The van der Waals surface area contributed by atoms with Crippen LogP contribution >= 0.6 is 0 Å². The summed E-state index contributed by atoms with van der Waals surface area (Å²) >= 11 is 0. The molecule has 0 atom stereocenters. The standard InChI is InChI=1S/C14H25N/c1-6-7-8-9-10-11-15-14(12(2)3)13(4)5/h11H,2,6-10H2,1,3-5H3. The van der Waals surface area contributed by atoms with Crippen LogP contribution in [0.25, 0.3) is 0 Å². The van der Waals surface area contributed by atoms with E-state index in [0.717, 1.165) is 17.7 Å². The molecule has 0 spiro atoms. The number of rotatable bonds is 7. The minimum atomic E-state index is 1.06. The van der Waals surface area contributed by atoms with Gasteiger partial charge in [-0.05, 0) is 39.2 Å². The highest BCUT2D eigenvalue weighted by Gasteiger charge is 1.96. The highest BCUT2D eigenvalue weighted by atomic mass is 14.7. The Morgan fingerprint density at radius 1 is 1.13 bits per heavy atom. The number of aliphatic imine (C=N–C) groups is 1. The molecule has 1 heteroatoms. The SMILES string of the molecule is C=C(C)C(N=CCCCCCC)=C(C)C. The van der Waals surface area contributed by atoms with Crippen LogP contribution in [-0.2, 0) is 0 Å². The molecule has 0 saturated heterocycles. The molecule has 0 fully saturated rings. The van der Waals surface area contributed by atoms with Crippen molar-refractivity contribution in [3.05, 3.63) is 23.4 Å². The van der Waals surface area contributed by atoms with Crippen LogP contribution in [0, 0.1) is 0 Å². The molecule has 0 aromatic rings. The molecule has 0 aliphatic carbocycles. The van der Waals surface area contributed by atoms with Crippen LogP contribution in [-0.4, -0.2) is 6.21 Å². The van der Waals surface area contributed by atoms with Crippen LogP contribution in [0.4, 0.5) is 0 Å². The monoisotopic (exact) mass is 207 g/mol. The Balaban J connectivity index is 3.94. The third-order valence-corrected chi connectivity index (χ3v) is 2.29. The third-order valence-electron chi connectivity index (χ3n) is 2.29. The maximum absolute atomic E-state index is 4.48. The zero-order chi connectivity index (χ0) is 11.7. The van der Waals surface area contributed by atoms with E-state index in [-0.39, 0.29) is 0 Å². The summed E-state index contributed by atoms with van der Waals surface area (Å²) in [6.45, 7) is 12.3. The predicted octanol–water partition coefficient (Wildman–Crippen LogP) is 4.90. The van der Waals surface area contributed by atoms with Gasteiger partial charge in [0, 0.05) is 6.21 Å². The lowest BCUT2D eigenvalue weighted by atomic mass is 10.1. The highest BCUT2D eigenvalue weighted by molar-refractivity contribution is 5.60. The van der Waals surface area contributed by atoms with Crippen LogP contribution < -0.4 is 0 Å². The van der Waals surface area contributed by atoms with Gasteiger partial charge in [0.05, 0.1) is 5.70 Å². The lowest BCUT2D eigenvalue weighted by molar-refractivity contribution is 0.685. The summed E-state index contributed by atoms with van der Waals surface area (Å²) < 4.78 is 0. The Hall–Kier alpha value is -0.850. The highest BCUT2D eigenvalue weighted by Crippen LogP contribution is 2.13. The molecule has 15 heavy (non-hydrogen) atoms. The molecule has 86 valence electrons. The Morgan fingerprint density at radius 2 is 1.80 bits per heavy atom. The Labute approximate surface area is 95.0 Å². The van der Waals surface area contributed by atoms with Gasteiger partial charge in [0.15, 0.2) is 0 Å². The second-order valence-corrected chi connectivity index (χ2v) is 4.29. The van der Waals surface area contributed by atoms with Gasteiger partial charge in [-0.3, -0.25) is 4.99 Å². The normalized spacial score (nSPS) is 10.7. The lowest BCUT2D eigenvalue weighted by Gasteiger charge is -2.02. The van der Waals surface area contributed by atoms with Gasteiger partial charge in [-0.15, -0.1) is 0 Å². The number of allylic oxidation sites excluding steroid dienone is 2. The zero-order valence-corrected chi connectivity index (χ0v) is 10.8. The summed E-state index contributed by atoms with van der Waals surface area (Å²) in [7, 11) is 0. The van der Waals surface area contributed by atoms with Gasteiger partial charge in [0.25, 0.3) is 0 Å². The van der Waals surface area contributed by atoms with E-state index in [4.69, 9.17) is 0 Å².